The average Bonchev–Trinajstić information content (AvgIpc) is 2.33. The van der Waals surface area contributed by atoms with Gasteiger partial charge in [0.2, 0.25) is 0 Å². The zero-order valence-corrected chi connectivity index (χ0v) is 13.2. The van der Waals surface area contributed by atoms with Crippen LogP contribution in [0.1, 0.15) is 32.0 Å². The van der Waals surface area contributed by atoms with Crippen molar-refractivity contribution in [3.8, 4) is 0 Å². The summed E-state index contributed by atoms with van der Waals surface area (Å²) in [6.07, 6.45) is 0. The Morgan fingerprint density at radius 1 is 1.25 bits per heavy atom. The molecule has 1 aromatic heterocycles. The van der Waals surface area contributed by atoms with Gasteiger partial charge in [0.25, 0.3) is 5.56 Å². The quantitative estimate of drug-likeness (QED) is 0.840. The van der Waals surface area contributed by atoms with E-state index in [1.807, 2.05) is 20.8 Å². The van der Waals surface area contributed by atoms with Gasteiger partial charge in [0, 0.05) is 21.5 Å². The summed E-state index contributed by atoms with van der Waals surface area (Å²) in [4.78, 5) is 11.8. The lowest BCUT2D eigenvalue weighted by atomic mass is 9.92. The van der Waals surface area contributed by atoms with Crippen molar-refractivity contribution in [2.45, 2.75) is 32.7 Å². The fraction of sp³-hybridized carbons (Fsp3) is 0.333. The minimum absolute atomic E-state index is 0.127. The Hall–Kier alpha value is -1.49. The first-order valence-electron chi connectivity index (χ1n) is 6.30. The van der Waals surface area contributed by atoms with E-state index in [1.54, 1.807) is 18.2 Å². The van der Waals surface area contributed by atoms with E-state index < -0.39 is 0 Å². The Balaban J connectivity index is 2.40. The van der Waals surface area contributed by atoms with E-state index in [9.17, 15) is 9.18 Å². The van der Waals surface area contributed by atoms with Gasteiger partial charge >= 0.3 is 0 Å². The summed E-state index contributed by atoms with van der Waals surface area (Å²) in [6.45, 7) is 6.18. The SMILES string of the molecule is CC(C)(C)c1ccc(=O)n(Cc2ccc(Br)cc2F)n1. The number of rotatable bonds is 2. The highest BCUT2D eigenvalue weighted by atomic mass is 79.9. The summed E-state index contributed by atoms with van der Waals surface area (Å²) in [5.74, 6) is -0.353. The molecule has 0 aliphatic carbocycles. The summed E-state index contributed by atoms with van der Waals surface area (Å²) in [5, 5.41) is 4.33. The number of hydrogen-bond acceptors (Lipinski definition) is 2. The Kier molecular flexibility index (Phi) is 4.09. The van der Waals surface area contributed by atoms with Crippen LogP contribution >= 0.6 is 15.9 Å². The van der Waals surface area contributed by atoms with Crippen molar-refractivity contribution in [2.24, 2.45) is 0 Å². The van der Waals surface area contributed by atoms with Crippen molar-refractivity contribution >= 4 is 15.9 Å². The molecule has 0 radical (unpaired) electrons. The van der Waals surface area contributed by atoms with Crippen LogP contribution in [0, 0.1) is 5.82 Å². The zero-order valence-electron chi connectivity index (χ0n) is 11.7. The molecule has 1 aromatic carbocycles. The van der Waals surface area contributed by atoms with Crippen LogP contribution in [0.4, 0.5) is 4.39 Å². The highest BCUT2D eigenvalue weighted by molar-refractivity contribution is 9.10. The Morgan fingerprint density at radius 3 is 2.55 bits per heavy atom. The minimum atomic E-state index is -0.353. The maximum atomic E-state index is 13.8. The van der Waals surface area contributed by atoms with Crippen molar-refractivity contribution in [2.75, 3.05) is 0 Å². The maximum Gasteiger partial charge on any atom is 0.267 e. The fourth-order valence-electron chi connectivity index (χ4n) is 1.77. The van der Waals surface area contributed by atoms with E-state index >= 15 is 0 Å². The molecule has 0 N–H and O–H groups in total. The van der Waals surface area contributed by atoms with Gasteiger partial charge in [-0.3, -0.25) is 4.79 Å². The molecule has 5 heteroatoms. The molecule has 0 amide bonds. The van der Waals surface area contributed by atoms with E-state index in [0.29, 0.717) is 10.0 Å². The molecule has 1 heterocycles. The van der Waals surface area contributed by atoms with Crippen molar-refractivity contribution in [3.05, 3.63) is 62.2 Å². The van der Waals surface area contributed by atoms with Gasteiger partial charge in [-0.2, -0.15) is 5.10 Å². The molecule has 0 bridgehead atoms. The van der Waals surface area contributed by atoms with E-state index in [0.717, 1.165) is 5.69 Å². The maximum absolute atomic E-state index is 13.8. The molecule has 0 atom stereocenters. The van der Waals surface area contributed by atoms with Gasteiger partial charge in [-0.05, 0) is 18.2 Å². The molecular weight excluding hydrogens is 323 g/mol. The zero-order chi connectivity index (χ0) is 14.9. The number of aromatic nitrogens is 2. The summed E-state index contributed by atoms with van der Waals surface area (Å²) >= 11 is 3.21. The van der Waals surface area contributed by atoms with Crippen LogP contribution in [-0.4, -0.2) is 9.78 Å². The molecule has 106 valence electrons. The van der Waals surface area contributed by atoms with E-state index in [1.165, 1.54) is 16.8 Å². The van der Waals surface area contributed by atoms with Crippen molar-refractivity contribution in [1.29, 1.82) is 0 Å². The molecule has 0 saturated heterocycles. The number of benzene rings is 1. The largest absolute Gasteiger partial charge is 0.268 e. The minimum Gasteiger partial charge on any atom is -0.268 e. The van der Waals surface area contributed by atoms with Crippen LogP contribution in [0.5, 0.6) is 0 Å². The highest BCUT2D eigenvalue weighted by Crippen LogP contribution is 2.19. The summed E-state index contributed by atoms with van der Waals surface area (Å²) in [5.41, 5.74) is 0.844. The van der Waals surface area contributed by atoms with E-state index in [2.05, 4.69) is 21.0 Å². The number of nitrogens with zero attached hydrogens (tertiary/aromatic N) is 2. The molecule has 0 fully saturated rings. The van der Waals surface area contributed by atoms with Gasteiger partial charge in [0.15, 0.2) is 0 Å². The first-order chi connectivity index (χ1) is 9.27. The molecular formula is C15H16BrFN2O. The second-order valence-electron chi connectivity index (χ2n) is 5.70. The predicted octanol–water partition coefficient (Wildman–Crippen LogP) is 3.49. The molecule has 3 nitrogen and oxygen atoms in total. The summed E-state index contributed by atoms with van der Waals surface area (Å²) in [6, 6.07) is 7.98. The normalized spacial score (nSPS) is 11.7. The Bertz CT molecular complexity index is 689. The first-order valence-corrected chi connectivity index (χ1v) is 7.09. The van der Waals surface area contributed by atoms with E-state index in [-0.39, 0.29) is 23.3 Å². The average molecular weight is 339 g/mol. The van der Waals surface area contributed by atoms with Crippen LogP contribution in [0.2, 0.25) is 0 Å². The van der Waals surface area contributed by atoms with Gasteiger partial charge < -0.3 is 0 Å². The van der Waals surface area contributed by atoms with Crippen molar-refractivity contribution in [3.63, 3.8) is 0 Å². The number of hydrogen-bond donors (Lipinski definition) is 0. The molecule has 2 aromatic rings. The van der Waals surface area contributed by atoms with Crippen LogP contribution in [-0.2, 0) is 12.0 Å². The van der Waals surface area contributed by atoms with E-state index in [4.69, 9.17) is 0 Å². The predicted molar refractivity (Wildman–Crippen MR) is 80.4 cm³/mol. The monoisotopic (exact) mass is 338 g/mol. The lowest BCUT2D eigenvalue weighted by molar-refractivity contribution is 0.510. The highest BCUT2D eigenvalue weighted by Gasteiger charge is 2.17. The van der Waals surface area contributed by atoms with Crippen LogP contribution in [0.3, 0.4) is 0 Å². The fourth-order valence-corrected chi connectivity index (χ4v) is 2.11. The molecule has 0 spiro atoms. The first kappa shape index (κ1) is 14.9. The molecule has 0 aliphatic heterocycles. The van der Waals surface area contributed by atoms with Gasteiger partial charge in [-0.15, -0.1) is 0 Å². The second kappa shape index (κ2) is 5.48. The molecule has 0 unspecified atom stereocenters. The summed E-state index contributed by atoms with van der Waals surface area (Å²) < 4.78 is 15.8. The molecule has 2 rings (SSSR count). The van der Waals surface area contributed by atoms with Crippen molar-refractivity contribution in [1.82, 2.24) is 9.78 Å². The molecule has 0 saturated carbocycles. The second-order valence-corrected chi connectivity index (χ2v) is 6.62. The third kappa shape index (κ3) is 3.33. The van der Waals surface area contributed by atoms with Crippen LogP contribution in [0.25, 0.3) is 0 Å². The smallest absolute Gasteiger partial charge is 0.267 e. The third-order valence-corrected chi connectivity index (χ3v) is 3.46. The van der Waals surface area contributed by atoms with Crippen LogP contribution < -0.4 is 5.56 Å². The van der Waals surface area contributed by atoms with Gasteiger partial charge in [0.1, 0.15) is 5.82 Å². The Labute approximate surface area is 125 Å². The van der Waals surface area contributed by atoms with Crippen molar-refractivity contribution < 1.29 is 4.39 Å². The van der Waals surface area contributed by atoms with Gasteiger partial charge in [0.05, 0.1) is 12.2 Å². The molecule has 0 aliphatic rings. The standard InChI is InChI=1S/C15H16BrFN2O/c1-15(2,3)13-6-7-14(20)19(18-13)9-10-4-5-11(16)8-12(10)17/h4-8H,9H2,1-3H3. The third-order valence-electron chi connectivity index (χ3n) is 2.97. The number of halogens is 2. The van der Waals surface area contributed by atoms with Gasteiger partial charge in [-0.1, -0.05) is 42.8 Å². The van der Waals surface area contributed by atoms with Crippen LogP contribution in [0.15, 0.2) is 39.6 Å². The molecule has 20 heavy (non-hydrogen) atoms. The lowest BCUT2D eigenvalue weighted by Crippen LogP contribution is -2.27. The lowest BCUT2D eigenvalue weighted by Gasteiger charge is -2.18. The summed E-state index contributed by atoms with van der Waals surface area (Å²) in [7, 11) is 0. The Morgan fingerprint density at radius 2 is 1.95 bits per heavy atom. The van der Waals surface area contributed by atoms with Gasteiger partial charge in [-0.25, -0.2) is 9.07 Å². The topological polar surface area (TPSA) is 34.9 Å².